The molecule has 8 heteroatoms. The maximum absolute atomic E-state index is 13.1. The lowest BCUT2D eigenvalue weighted by Crippen LogP contribution is -2.51. The van der Waals surface area contributed by atoms with E-state index in [2.05, 4.69) is 63.2 Å². The number of fused-ring (bicyclic) bond motifs is 1. The minimum atomic E-state index is 0.0401. The van der Waals surface area contributed by atoms with Crippen molar-refractivity contribution in [3.63, 3.8) is 0 Å². The summed E-state index contributed by atoms with van der Waals surface area (Å²) in [5.41, 5.74) is 2.94. The third-order valence-electron chi connectivity index (χ3n) is 6.82. The SMILES string of the molecule is CN1CCN(C(=O)C2CCN(C(=O)c3cc4sc(Cc5ccc(Br)cc5)cc4[nH]3)CC2)CC1. The zero-order valence-electron chi connectivity index (χ0n) is 18.8. The smallest absolute Gasteiger partial charge is 0.270 e. The summed E-state index contributed by atoms with van der Waals surface area (Å²) < 4.78 is 2.20. The molecule has 3 aromatic rings. The Hall–Kier alpha value is -2.16. The largest absolute Gasteiger partial charge is 0.350 e. The second-order valence-corrected chi connectivity index (χ2v) is 11.3. The fourth-order valence-corrected chi connectivity index (χ4v) is 6.12. The van der Waals surface area contributed by atoms with Crippen LogP contribution in [0.15, 0.2) is 40.9 Å². The number of aromatic amines is 1. The van der Waals surface area contributed by atoms with E-state index in [1.165, 1.54) is 10.4 Å². The fourth-order valence-electron chi connectivity index (χ4n) is 4.77. The Kier molecular flexibility index (Phi) is 6.58. The highest BCUT2D eigenvalue weighted by Crippen LogP contribution is 2.29. The molecule has 1 N–H and O–H groups in total. The van der Waals surface area contributed by atoms with Gasteiger partial charge in [-0.1, -0.05) is 28.1 Å². The Labute approximate surface area is 206 Å². The van der Waals surface area contributed by atoms with Crippen LogP contribution >= 0.6 is 27.3 Å². The van der Waals surface area contributed by atoms with Crippen molar-refractivity contribution in [1.29, 1.82) is 0 Å². The van der Waals surface area contributed by atoms with Gasteiger partial charge >= 0.3 is 0 Å². The Balaban J connectivity index is 1.18. The number of thiophene rings is 1. The number of hydrogen-bond acceptors (Lipinski definition) is 4. The van der Waals surface area contributed by atoms with E-state index >= 15 is 0 Å². The van der Waals surface area contributed by atoms with Gasteiger partial charge in [0.1, 0.15) is 5.69 Å². The van der Waals surface area contributed by atoms with E-state index in [0.29, 0.717) is 18.8 Å². The number of nitrogens with one attached hydrogen (secondary N) is 1. The van der Waals surface area contributed by atoms with Gasteiger partial charge in [-0.25, -0.2) is 0 Å². The number of halogens is 1. The molecular weight excluding hydrogens is 500 g/mol. The molecular formula is C25H29BrN4O2S. The van der Waals surface area contributed by atoms with Gasteiger partial charge in [-0.3, -0.25) is 9.59 Å². The average molecular weight is 530 g/mol. The van der Waals surface area contributed by atoms with E-state index in [9.17, 15) is 9.59 Å². The molecule has 2 saturated heterocycles. The van der Waals surface area contributed by atoms with E-state index in [1.54, 1.807) is 11.3 Å². The van der Waals surface area contributed by atoms with E-state index in [4.69, 9.17) is 0 Å². The van der Waals surface area contributed by atoms with Crippen molar-refractivity contribution in [3.05, 3.63) is 57.0 Å². The summed E-state index contributed by atoms with van der Waals surface area (Å²) in [5, 5.41) is 0. The minimum Gasteiger partial charge on any atom is -0.350 e. The highest BCUT2D eigenvalue weighted by atomic mass is 79.9. The highest BCUT2D eigenvalue weighted by molar-refractivity contribution is 9.10. The molecule has 0 saturated carbocycles. The number of hydrogen-bond donors (Lipinski definition) is 1. The summed E-state index contributed by atoms with van der Waals surface area (Å²) in [4.78, 5) is 36.7. The number of benzene rings is 1. The quantitative estimate of drug-likeness (QED) is 0.551. The maximum atomic E-state index is 13.1. The van der Waals surface area contributed by atoms with E-state index in [0.717, 1.165) is 60.1 Å². The van der Waals surface area contributed by atoms with Crippen molar-refractivity contribution >= 4 is 49.3 Å². The standard InChI is InChI=1S/C25H29BrN4O2S/c1-28-10-12-30(13-11-28)24(31)18-6-8-29(9-7-18)25(32)22-16-23-21(27-22)15-20(33-23)14-17-2-4-19(26)5-3-17/h2-5,15-16,18,27H,6-14H2,1H3. The number of H-pyrrole nitrogens is 1. The van der Waals surface area contributed by atoms with E-state index < -0.39 is 0 Å². The van der Waals surface area contributed by atoms with Gasteiger partial charge in [0.05, 0.1) is 10.2 Å². The predicted octanol–water partition coefficient (Wildman–Crippen LogP) is 4.21. The second-order valence-electron chi connectivity index (χ2n) is 9.17. The van der Waals surface area contributed by atoms with Crippen molar-refractivity contribution in [3.8, 4) is 0 Å². The summed E-state index contributed by atoms with van der Waals surface area (Å²) in [6.07, 6.45) is 2.39. The van der Waals surface area contributed by atoms with Crippen molar-refractivity contribution in [2.75, 3.05) is 46.3 Å². The predicted molar refractivity (Wildman–Crippen MR) is 136 cm³/mol. The zero-order valence-corrected chi connectivity index (χ0v) is 21.3. The maximum Gasteiger partial charge on any atom is 0.270 e. The number of aromatic nitrogens is 1. The van der Waals surface area contributed by atoms with Crippen LogP contribution in [-0.4, -0.2) is 77.8 Å². The number of likely N-dealkylation sites (tertiary alicyclic amines) is 1. The zero-order chi connectivity index (χ0) is 22.9. The molecule has 174 valence electrons. The van der Waals surface area contributed by atoms with Crippen LogP contribution < -0.4 is 0 Å². The Bertz CT molecular complexity index is 1110. The normalized spacial score (nSPS) is 18.2. The number of amides is 2. The number of likely N-dealkylation sites (N-methyl/N-ethyl adjacent to an activating group) is 1. The molecule has 2 aliphatic heterocycles. The third kappa shape index (κ3) is 5.03. The molecule has 1 aromatic carbocycles. The number of piperidine rings is 1. The van der Waals surface area contributed by atoms with Gasteiger partial charge in [-0.15, -0.1) is 11.3 Å². The van der Waals surface area contributed by atoms with Gasteiger partial charge in [0.25, 0.3) is 5.91 Å². The van der Waals surface area contributed by atoms with Gasteiger partial charge in [-0.05, 0) is 49.7 Å². The number of nitrogens with zero attached hydrogens (tertiary/aromatic N) is 3. The van der Waals surface area contributed by atoms with Crippen LogP contribution in [0.2, 0.25) is 0 Å². The molecule has 2 aromatic heterocycles. The molecule has 2 amide bonds. The average Bonchev–Trinajstić information content (AvgIpc) is 3.39. The summed E-state index contributed by atoms with van der Waals surface area (Å²) in [6, 6.07) is 12.5. The van der Waals surface area contributed by atoms with Crippen LogP contribution in [0.1, 0.15) is 33.8 Å². The molecule has 0 spiro atoms. The molecule has 0 aliphatic carbocycles. The first kappa shape index (κ1) is 22.6. The summed E-state index contributed by atoms with van der Waals surface area (Å²) >= 11 is 5.21. The molecule has 0 bridgehead atoms. The minimum absolute atomic E-state index is 0.0401. The van der Waals surface area contributed by atoms with Crippen molar-refractivity contribution < 1.29 is 9.59 Å². The molecule has 0 unspecified atom stereocenters. The first-order valence-electron chi connectivity index (χ1n) is 11.6. The van der Waals surface area contributed by atoms with Crippen LogP contribution in [0.5, 0.6) is 0 Å². The number of carbonyl (C=O) groups excluding carboxylic acids is 2. The summed E-state index contributed by atoms with van der Waals surface area (Å²) in [7, 11) is 2.10. The van der Waals surface area contributed by atoms with Crippen molar-refractivity contribution in [2.45, 2.75) is 19.3 Å². The molecule has 5 rings (SSSR count). The second kappa shape index (κ2) is 9.60. The number of carbonyl (C=O) groups is 2. The molecule has 0 atom stereocenters. The van der Waals surface area contributed by atoms with Crippen LogP contribution in [0.4, 0.5) is 0 Å². The molecule has 2 fully saturated rings. The lowest BCUT2D eigenvalue weighted by molar-refractivity contribution is -0.138. The summed E-state index contributed by atoms with van der Waals surface area (Å²) in [6.45, 7) is 4.81. The van der Waals surface area contributed by atoms with E-state index in [-0.39, 0.29) is 17.7 Å². The Morgan fingerprint density at radius 2 is 1.70 bits per heavy atom. The number of rotatable bonds is 4. The molecule has 4 heterocycles. The van der Waals surface area contributed by atoms with Gasteiger partial charge in [0.2, 0.25) is 5.91 Å². The fraction of sp³-hybridized carbons (Fsp3) is 0.440. The van der Waals surface area contributed by atoms with Gasteiger partial charge < -0.3 is 19.7 Å². The van der Waals surface area contributed by atoms with Gasteiger partial charge in [-0.2, -0.15) is 0 Å². The van der Waals surface area contributed by atoms with Gasteiger partial charge in [0, 0.05) is 61.0 Å². The lowest BCUT2D eigenvalue weighted by atomic mass is 9.94. The molecule has 2 aliphatic rings. The topological polar surface area (TPSA) is 59.6 Å². The van der Waals surface area contributed by atoms with Crippen LogP contribution in [0, 0.1) is 5.92 Å². The molecule has 33 heavy (non-hydrogen) atoms. The van der Waals surface area contributed by atoms with Crippen LogP contribution in [0.3, 0.4) is 0 Å². The van der Waals surface area contributed by atoms with Crippen molar-refractivity contribution in [1.82, 2.24) is 19.7 Å². The number of piperazine rings is 1. The Morgan fingerprint density at radius 1 is 1.00 bits per heavy atom. The van der Waals surface area contributed by atoms with Crippen LogP contribution in [-0.2, 0) is 11.2 Å². The molecule has 0 radical (unpaired) electrons. The first-order chi connectivity index (χ1) is 16.0. The first-order valence-corrected chi connectivity index (χ1v) is 13.2. The van der Waals surface area contributed by atoms with Crippen LogP contribution in [0.25, 0.3) is 10.2 Å². The molecule has 6 nitrogen and oxygen atoms in total. The van der Waals surface area contributed by atoms with E-state index in [1.807, 2.05) is 15.9 Å². The summed E-state index contributed by atoms with van der Waals surface area (Å²) in [5.74, 6) is 0.359. The monoisotopic (exact) mass is 528 g/mol. The third-order valence-corrected chi connectivity index (χ3v) is 8.44. The van der Waals surface area contributed by atoms with Crippen molar-refractivity contribution in [2.24, 2.45) is 5.92 Å². The lowest BCUT2D eigenvalue weighted by Gasteiger charge is -2.37. The Morgan fingerprint density at radius 3 is 2.36 bits per heavy atom. The van der Waals surface area contributed by atoms with Gasteiger partial charge in [0.15, 0.2) is 0 Å². The highest BCUT2D eigenvalue weighted by Gasteiger charge is 2.32.